The van der Waals surface area contributed by atoms with Crippen LogP contribution < -0.4 is 10.5 Å². The van der Waals surface area contributed by atoms with Crippen molar-refractivity contribution in [1.82, 2.24) is 0 Å². The lowest BCUT2D eigenvalue weighted by Gasteiger charge is -2.11. The van der Waals surface area contributed by atoms with Crippen LogP contribution in [0.4, 0.5) is 0 Å². The van der Waals surface area contributed by atoms with Crippen LogP contribution in [-0.4, -0.2) is 5.84 Å². The van der Waals surface area contributed by atoms with Gasteiger partial charge in [0.15, 0.2) is 0 Å². The first-order chi connectivity index (χ1) is 9.60. The van der Waals surface area contributed by atoms with E-state index in [0.717, 1.165) is 23.1 Å². The Kier molecular flexibility index (Phi) is 4.79. The summed E-state index contributed by atoms with van der Waals surface area (Å²) in [6, 6.07) is 13.4. The minimum Gasteiger partial charge on any atom is -0.457 e. The number of ether oxygens (including phenoxy) is 1. The van der Waals surface area contributed by atoms with Gasteiger partial charge >= 0.3 is 0 Å². The second-order valence-corrected chi connectivity index (χ2v) is 5.47. The monoisotopic (exact) mass is 332 g/mol. The van der Waals surface area contributed by atoms with E-state index in [1.807, 2.05) is 24.3 Å². The molecule has 0 aliphatic heterocycles. The Bertz CT molecular complexity index is 608. The predicted molar refractivity (Wildman–Crippen MR) is 85.7 cm³/mol. The van der Waals surface area contributed by atoms with Gasteiger partial charge in [-0.2, -0.15) is 0 Å². The molecule has 4 heteroatoms. The number of nitrogens with two attached hydrogens (primary N) is 1. The van der Waals surface area contributed by atoms with Crippen molar-refractivity contribution >= 4 is 21.8 Å². The van der Waals surface area contributed by atoms with Gasteiger partial charge in [0, 0.05) is 4.47 Å². The molecule has 20 heavy (non-hydrogen) atoms. The SMILES string of the molecule is CCCc1ccc(Oc2cc(Br)ccc2C(=N)N)cc1. The fraction of sp³-hybridized carbons (Fsp3) is 0.188. The molecule has 0 amide bonds. The first-order valence-electron chi connectivity index (χ1n) is 6.51. The lowest BCUT2D eigenvalue weighted by atomic mass is 10.1. The standard InChI is InChI=1S/C16H17BrN2O/c1-2-3-11-4-7-13(8-5-11)20-15-10-12(17)6-9-14(15)16(18)19/h4-10H,2-3H2,1H3,(H3,18,19). The van der Waals surface area contributed by atoms with Gasteiger partial charge in [-0.05, 0) is 42.3 Å². The summed E-state index contributed by atoms with van der Waals surface area (Å²) in [4.78, 5) is 0. The number of hydrogen-bond donors (Lipinski definition) is 2. The van der Waals surface area contributed by atoms with Crippen LogP contribution in [0.25, 0.3) is 0 Å². The first kappa shape index (κ1) is 14.6. The molecule has 0 atom stereocenters. The largest absolute Gasteiger partial charge is 0.457 e. The normalized spacial score (nSPS) is 10.3. The van der Waals surface area contributed by atoms with Crippen LogP contribution in [0.3, 0.4) is 0 Å². The molecule has 0 aliphatic rings. The first-order valence-corrected chi connectivity index (χ1v) is 7.30. The number of benzene rings is 2. The number of rotatable bonds is 5. The van der Waals surface area contributed by atoms with Gasteiger partial charge in [0.2, 0.25) is 0 Å². The smallest absolute Gasteiger partial charge is 0.139 e. The van der Waals surface area contributed by atoms with Crippen LogP contribution in [0, 0.1) is 5.41 Å². The third-order valence-corrected chi connectivity index (χ3v) is 3.42. The van der Waals surface area contributed by atoms with Gasteiger partial charge in [0.25, 0.3) is 0 Å². The van der Waals surface area contributed by atoms with Crippen LogP contribution in [0.15, 0.2) is 46.9 Å². The summed E-state index contributed by atoms with van der Waals surface area (Å²) in [6.07, 6.45) is 2.19. The van der Waals surface area contributed by atoms with Gasteiger partial charge in [0.1, 0.15) is 17.3 Å². The van der Waals surface area contributed by atoms with Crippen molar-refractivity contribution in [2.75, 3.05) is 0 Å². The molecule has 0 aromatic heterocycles. The zero-order valence-electron chi connectivity index (χ0n) is 11.3. The number of halogens is 1. The van der Waals surface area contributed by atoms with E-state index in [0.29, 0.717) is 11.3 Å². The quantitative estimate of drug-likeness (QED) is 0.626. The highest BCUT2D eigenvalue weighted by Crippen LogP contribution is 2.28. The van der Waals surface area contributed by atoms with Gasteiger partial charge in [0.05, 0.1) is 5.56 Å². The minimum absolute atomic E-state index is 0.00453. The van der Waals surface area contributed by atoms with Crippen LogP contribution in [0.1, 0.15) is 24.5 Å². The van der Waals surface area contributed by atoms with E-state index in [-0.39, 0.29) is 5.84 Å². The molecule has 0 spiro atoms. The summed E-state index contributed by atoms with van der Waals surface area (Å²) >= 11 is 3.40. The zero-order chi connectivity index (χ0) is 14.5. The Balaban J connectivity index is 2.25. The van der Waals surface area contributed by atoms with E-state index in [1.54, 1.807) is 6.07 Å². The highest BCUT2D eigenvalue weighted by atomic mass is 79.9. The van der Waals surface area contributed by atoms with Crippen molar-refractivity contribution in [3.63, 3.8) is 0 Å². The Hall–Kier alpha value is -1.81. The molecule has 0 aliphatic carbocycles. The third kappa shape index (κ3) is 3.61. The van der Waals surface area contributed by atoms with Gasteiger partial charge in [-0.15, -0.1) is 0 Å². The summed E-state index contributed by atoms with van der Waals surface area (Å²) in [5.74, 6) is 1.32. The molecule has 2 aromatic carbocycles. The average Bonchev–Trinajstić information content (AvgIpc) is 2.41. The van der Waals surface area contributed by atoms with Gasteiger partial charge in [-0.25, -0.2) is 0 Å². The highest BCUT2D eigenvalue weighted by Gasteiger charge is 2.08. The van der Waals surface area contributed by atoms with Crippen LogP contribution in [0.2, 0.25) is 0 Å². The van der Waals surface area contributed by atoms with Crippen LogP contribution >= 0.6 is 15.9 Å². The molecule has 2 aromatic rings. The molecule has 0 heterocycles. The number of nitrogen functional groups attached to an aromatic ring is 1. The summed E-state index contributed by atoms with van der Waals surface area (Å²) in [5, 5.41) is 7.58. The van der Waals surface area contributed by atoms with E-state index < -0.39 is 0 Å². The molecule has 104 valence electrons. The van der Waals surface area contributed by atoms with E-state index in [1.165, 1.54) is 5.56 Å². The highest BCUT2D eigenvalue weighted by molar-refractivity contribution is 9.10. The third-order valence-electron chi connectivity index (χ3n) is 2.92. The van der Waals surface area contributed by atoms with E-state index in [9.17, 15) is 0 Å². The summed E-state index contributed by atoms with van der Waals surface area (Å²) < 4.78 is 6.72. The van der Waals surface area contributed by atoms with Crippen LogP contribution in [0.5, 0.6) is 11.5 Å². The molecule has 0 unspecified atom stereocenters. The minimum atomic E-state index is -0.00453. The van der Waals surface area contributed by atoms with E-state index in [2.05, 4.69) is 35.0 Å². The maximum Gasteiger partial charge on any atom is 0.139 e. The lowest BCUT2D eigenvalue weighted by Crippen LogP contribution is -2.12. The molecule has 2 rings (SSSR count). The summed E-state index contributed by atoms with van der Waals surface area (Å²) in [7, 11) is 0. The zero-order valence-corrected chi connectivity index (χ0v) is 12.9. The van der Waals surface area contributed by atoms with E-state index in [4.69, 9.17) is 15.9 Å². The van der Waals surface area contributed by atoms with Gasteiger partial charge < -0.3 is 10.5 Å². The molecular formula is C16H17BrN2O. The van der Waals surface area contributed by atoms with Crippen molar-refractivity contribution in [2.45, 2.75) is 19.8 Å². The maximum atomic E-state index is 7.58. The predicted octanol–water partition coefficient (Wildman–Crippen LogP) is 4.48. The Morgan fingerprint density at radius 1 is 1.20 bits per heavy atom. The molecule has 0 saturated carbocycles. The second-order valence-electron chi connectivity index (χ2n) is 4.55. The van der Waals surface area contributed by atoms with Crippen molar-refractivity contribution in [3.8, 4) is 11.5 Å². The fourth-order valence-electron chi connectivity index (χ4n) is 1.94. The molecule has 0 bridgehead atoms. The van der Waals surface area contributed by atoms with E-state index >= 15 is 0 Å². The lowest BCUT2D eigenvalue weighted by molar-refractivity contribution is 0.481. The van der Waals surface area contributed by atoms with Gasteiger partial charge in [-0.1, -0.05) is 41.4 Å². The Morgan fingerprint density at radius 2 is 1.90 bits per heavy atom. The number of amidine groups is 1. The van der Waals surface area contributed by atoms with Crippen molar-refractivity contribution in [2.24, 2.45) is 5.73 Å². The Labute approximate surface area is 127 Å². The number of hydrogen-bond acceptors (Lipinski definition) is 2. The summed E-state index contributed by atoms with van der Waals surface area (Å²) in [6.45, 7) is 2.16. The molecule has 0 saturated heterocycles. The van der Waals surface area contributed by atoms with Crippen LogP contribution in [-0.2, 0) is 6.42 Å². The Morgan fingerprint density at radius 3 is 2.50 bits per heavy atom. The average molecular weight is 333 g/mol. The second kappa shape index (κ2) is 6.57. The topological polar surface area (TPSA) is 59.1 Å². The van der Waals surface area contributed by atoms with Crippen molar-refractivity contribution < 1.29 is 4.74 Å². The van der Waals surface area contributed by atoms with Crippen molar-refractivity contribution in [1.29, 1.82) is 5.41 Å². The molecular weight excluding hydrogens is 316 g/mol. The van der Waals surface area contributed by atoms with Crippen molar-refractivity contribution in [3.05, 3.63) is 58.1 Å². The molecule has 0 fully saturated rings. The number of aryl methyl sites for hydroxylation is 1. The molecule has 3 N–H and O–H groups in total. The van der Waals surface area contributed by atoms with Gasteiger partial charge in [-0.3, -0.25) is 5.41 Å². The molecule has 0 radical (unpaired) electrons. The fourth-order valence-corrected chi connectivity index (χ4v) is 2.28. The summed E-state index contributed by atoms with van der Waals surface area (Å²) in [5.41, 5.74) is 7.45. The maximum absolute atomic E-state index is 7.58. The molecule has 3 nitrogen and oxygen atoms in total. The number of nitrogens with one attached hydrogen (secondary N) is 1.